The van der Waals surface area contributed by atoms with Crippen molar-refractivity contribution in [1.82, 2.24) is 5.32 Å². The van der Waals surface area contributed by atoms with Crippen LogP contribution in [0.4, 0.5) is 0 Å². The fraction of sp³-hybridized carbons (Fsp3) is 0.647. The Bertz CT molecular complexity index is 486. The van der Waals surface area contributed by atoms with E-state index < -0.39 is 0 Å². The van der Waals surface area contributed by atoms with Gasteiger partial charge in [0.05, 0.1) is 18.8 Å². The zero-order valence-corrected chi connectivity index (χ0v) is 14.2. The minimum Gasteiger partial charge on any atom is -0.493 e. The van der Waals surface area contributed by atoms with Gasteiger partial charge in [-0.2, -0.15) is 0 Å². The normalized spacial score (nSPS) is 22.7. The van der Waals surface area contributed by atoms with Crippen molar-refractivity contribution in [3.8, 4) is 5.75 Å². The van der Waals surface area contributed by atoms with E-state index in [0.29, 0.717) is 0 Å². The summed E-state index contributed by atoms with van der Waals surface area (Å²) in [5.74, 6) is 1.08. The number of halogens is 1. The molecule has 0 aromatic heterocycles. The maximum atomic E-state index is 6.06. The van der Waals surface area contributed by atoms with Gasteiger partial charge in [0.15, 0.2) is 0 Å². The van der Waals surface area contributed by atoms with E-state index in [1.54, 1.807) is 0 Å². The smallest absolute Gasteiger partial charge is 0.127 e. The Hall–Kier alpha value is -0.580. The molecule has 21 heavy (non-hydrogen) atoms. The second-order valence-corrected chi connectivity index (χ2v) is 6.83. The first-order valence-electron chi connectivity index (χ1n) is 8.09. The molecule has 0 saturated carbocycles. The zero-order chi connectivity index (χ0) is 14.7. The van der Waals surface area contributed by atoms with Crippen molar-refractivity contribution in [2.75, 3.05) is 19.8 Å². The van der Waals surface area contributed by atoms with Gasteiger partial charge in [0.2, 0.25) is 0 Å². The molecule has 2 aliphatic rings. The Balaban J connectivity index is 1.91. The van der Waals surface area contributed by atoms with Gasteiger partial charge in [-0.25, -0.2) is 0 Å². The summed E-state index contributed by atoms with van der Waals surface area (Å²) in [6.45, 7) is 4.89. The topological polar surface area (TPSA) is 30.5 Å². The third kappa shape index (κ3) is 3.43. The fourth-order valence-corrected chi connectivity index (χ4v) is 3.82. The molecule has 0 radical (unpaired) electrons. The monoisotopic (exact) mass is 353 g/mol. The van der Waals surface area contributed by atoms with Crippen molar-refractivity contribution in [2.24, 2.45) is 0 Å². The summed E-state index contributed by atoms with van der Waals surface area (Å²) < 4.78 is 13.1. The molecular formula is C17H24BrNO2. The highest BCUT2D eigenvalue weighted by molar-refractivity contribution is 9.10. The summed E-state index contributed by atoms with van der Waals surface area (Å²) >= 11 is 3.65. The van der Waals surface area contributed by atoms with E-state index in [1.165, 1.54) is 24.0 Å². The zero-order valence-electron chi connectivity index (χ0n) is 12.7. The predicted molar refractivity (Wildman–Crippen MR) is 88.0 cm³/mol. The van der Waals surface area contributed by atoms with E-state index in [4.69, 9.17) is 9.47 Å². The van der Waals surface area contributed by atoms with E-state index in [9.17, 15) is 0 Å². The molecule has 2 unspecified atom stereocenters. The number of ether oxygens (including phenoxy) is 2. The van der Waals surface area contributed by atoms with E-state index in [1.807, 2.05) is 0 Å². The van der Waals surface area contributed by atoms with Crippen LogP contribution in [0.5, 0.6) is 5.75 Å². The van der Waals surface area contributed by atoms with Crippen LogP contribution in [0.2, 0.25) is 0 Å². The Labute approximate surface area is 135 Å². The molecule has 0 aliphatic carbocycles. The van der Waals surface area contributed by atoms with Crippen LogP contribution in [-0.2, 0) is 11.2 Å². The summed E-state index contributed by atoms with van der Waals surface area (Å²) in [6.07, 6.45) is 5.96. The molecule has 2 heterocycles. The van der Waals surface area contributed by atoms with Crippen LogP contribution in [0.25, 0.3) is 0 Å². The van der Waals surface area contributed by atoms with Crippen molar-refractivity contribution < 1.29 is 9.47 Å². The van der Waals surface area contributed by atoms with Gasteiger partial charge >= 0.3 is 0 Å². The SMILES string of the molecule is CCCNC(c1cc(Br)cc2c1OCC2)C1CCCCO1. The van der Waals surface area contributed by atoms with Gasteiger partial charge in [-0.15, -0.1) is 0 Å². The third-order valence-electron chi connectivity index (χ3n) is 4.31. The molecule has 4 heteroatoms. The second kappa shape index (κ2) is 7.12. The van der Waals surface area contributed by atoms with E-state index in [2.05, 4.69) is 40.3 Å². The second-order valence-electron chi connectivity index (χ2n) is 5.92. The van der Waals surface area contributed by atoms with Gasteiger partial charge in [-0.3, -0.25) is 0 Å². The van der Waals surface area contributed by atoms with Gasteiger partial charge in [-0.05, 0) is 49.9 Å². The first kappa shape index (κ1) is 15.3. The quantitative estimate of drug-likeness (QED) is 0.867. The number of benzene rings is 1. The van der Waals surface area contributed by atoms with E-state index in [0.717, 1.165) is 49.2 Å². The number of rotatable bonds is 5. The fourth-order valence-electron chi connectivity index (χ4n) is 3.30. The van der Waals surface area contributed by atoms with Crippen LogP contribution in [0, 0.1) is 0 Å². The Morgan fingerprint density at radius 2 is 2.24 bits per heavy atom. The molecular weight excluding hydrogens is 330 g/mol. The van der Waals surface area contributed by atoms with Crippen LogP contribution < -0.4 is 10.1 Å². The van der Waals surface area contributed by atoms with Crippen LogP contribution >= 0.6 is 15.9 Å². The van der Waals surface area contributed by atoms with Gasteiger partial charge in [0.1, 0.15) is 5.75 Å². The highest BCUT2D eigenvalue weighted by Crippen LogP contribution is 2.39. The summed E-state index contributed by atoms with van der Waals surface area (Å²) in [6, 6.07) is 4.62. The Morgan fingerprint density at radius 3 is 3.00 bits per heavy atom. The molecule has 2 aliphatic heterocycles. The lowest BCUT2D eigenvalue weighted by Gasteiger charge is -2.32. The number of hydrogen-bond donors (Lipinski definition) is 1. The highest BCUT2D eigenvalue weighted by atomic mass is 79.9. The molecule has 3 nitrogen and oxygen atoms in total. The molecule has 1 aromatic rings. The number of nitrogens with one attached hydrogen (secondary N) is 1. The lowest BCUT2D eigenvalue weighted by Crippen LogP contribution is -2.36. The van der Waals surface area contributed by atoms with Crippen molar-refractivity contribution in [1.29, 1.82) is 0 Å². The Morgan fingerprint density at radius 1 is 1.33 bits per heavy atom. The van der Waals surface area contributed by atoms with Gasteiger partial charge in [-0.1, -0.05) is 22.9 Å². The van der Waals surface area contributed by atoms with Gasteiger partial charge in [0.25, 0.3) is 0 Å². The van der Waals surface area contributed by atoms with E-state index >= 15 is 0 Å². The number of hydrogen-bond acceptors (Lipinski definition) is 3. The molecule has 1 saturated heterocycles. The minimum atomic E-state index is 0.231. The first-order chi connectivity index (χ1) is 10.3. The largest absolute Gasteiger partial charge is 0.493 e. The number of fused-ring (bicyclic) bond motifs is 1. The Kier molecular flexibility index (Phi) is 5.19. The average molecular weight is 354 g/mol. The van der Waals surface area contributed by atoms with Crippen LogP contribution in [0.3, 0.4) is 0 Å². The minimum absolute atomic E-state index is 0.231. The summed E-state index contributed by atoms with van der Waals surface area (Å²) in [5.41, 5.74) is 2.58. The van der Waals surface area contributed by atoms with Crippen molar-refractivity contribution >= 4 is 15.9 Å². The van der Waals surface area contributed by atoms with Crippen molar-refractivity contribution in [2.45, 2.75) is 51.2 Å². The standard InChI is InChI=1S/C17H24BrNO2/c1-2-7-19-16(15-5-3-4-8-20-15)14-11-13(18)10-12-6-9-21-17(12)14/h10-11,15-16,19H,2-9H2,1H3. The lowest BCUT2D eigenvalue weighted by atomic mass is 9.93. The van der Waals surface area contributed by atoms with Crippen LogP contribution in [0.15, 0.2) is 16.6 Å². The summed E-state index contributed by atoms with van der Waals surface area (Å²) in [5, 5.41) is 3.69. The predicted octanol–water partition coefficient (Wildman–Crippen LogP) is 3.99. The molecule has 3 rings (SSSR count). The van der Waals surface area contributed by atoms with Crippen molar-refractivity contribution in [3.05, 3.63) is 27.7 Å². The third-order valence-corrected chi connectivity index (χ3v) is 4.77. The molecule has 0 spiro atoms. The molecule has 116 valence electrons. The maximum absolute atomic E-state index is 6.06. The van der Waals surface area contributed by atoms with Crippen LogP contribution in [-0.4, -0.2) is 25.9 Å². The van der Waals surface area contributed by atoms with Gasteiger partial charge in [0, 0.05) is 23.1 Å². The summed E-state index contributed by atoms with van der Waals surface area (Å²) in [7, 11) is 0. The molecule has 1 fully saturated rings. The molecule has 1 N–H and O–H groups in total. The molecule has 0 amide bonds. The highest BCUT2D eigenvalue weighted by Gasteiger charge is 2.30. The lowest BCUT2D eigenvalue weighted by molar-refractivity contribution is -0.00861. The van der Waals surface area contributed by atoms with E-state index in [-0.39, 0.29) is 12.1 Å². The maximum Gasteiger partial charge on any atom is 0.127 e. The van der Waals surface area contributed by atoms with Crippen LogP contribution in [0.1, 0.15) is 49.8 Å². The molecule has 1 aromatic carbocycles. The van der Waals surface area contributed by atoms with Crippen molar-refractivity contribution in [3.63, 3.8) is 0 Å². The summed E-state index contributed by atoms with van der Waals surface area (Å²) in [4.78, 5) is 0. The first-order valence-corrected chi connectivity index (χ1v) is 8.89. The average Bonchev–Trinajstić information content (AvgIpc) is 2.96. The molecule has 0 bridgehead atoms. The molecule has 2 atom stereocenters. The van der Waals surface area contributed by atoms with Gasteiger partial charge < -0.3 is 14.8 Å².